The molecule has 0 amide bonds. The standard InChI is InChI=1S/C18H20N3/c1-13-7-5-8-14(2)18(13)16-11-15(3)17(12-19-16)21-10-6-9-20(21)4/h5-12H,1-4H3/q+1. The first-order valence-electron chi connectivity index (χ1n) is 7.15. The van der Waals surface area contributed by atoms with E-state index in [9.17, 15) is 0 Å². The Labute approximate surface area is 125 Å². The zero-order chi connectivity index (χ0) is 15.0. The van der Waals surface area contributed by atoms with Gasteiger partial charge in [0.2, 0.25) is 0 Å². The summed E-state index contributed by atoms with van der Waals surface area (Å²) in [6.45, 7) is 6.41. The van der Waals surface area contributed by atoms with Gasteiger partial charge in [-0.3, -0.25) is 4.98 Å². The third-order valence-electron chi connectivity index (χ3n) is 3.94. The molecule has 0 saturated heterocycles. The quantitative estimate of drug-likeness (QED) is 0.659. The molecule has 2 aromatic heterocycles. The minimum atomic E-state index is 1.04. The van der Waals surface area contributed by atoms with Crippen molar-refractivity contribution in [2.75, 3.05) is 0 Å². The fraction of sp³-hybridized carbons (Fsp3) is 0.222. The molecule has 0 radical (unpaired) electrons. The number of rotatable bonds is 2. The molecule has 0 bridgehead atoms. The Kier molecular flexibility index (Phi) is 3.34. The predicted octanol–water partition coefficient (Wildman–Crippen LogP) is 3.29. The van der Waals surface area contributed by atoms with Crippen LogP contribution in [-0.2, 0) is 7.05 Å². The van der Waals surface area contributed by atoms with Crippen LogP contribution in [0.4, 0.5) is 0 Å². The monoisotopic (exact) mass is 278 g/mol. The van der Waals surface area contributed by atoms with Gasteiger partial charge in [0.25, 0.3) is 0 Å². The summed E-state index contributed by atoms with van der Waals surface area (Å²) in [6.07, 6.45) is 6.03. The Morgan fingerprint density at radius 3 is 2.29 bits per heavy atom. The normalized spacial score (nSPS) is 10.9. The van der Waals surface area contributed by atoms with Crippen LogP contribution < -0.4 is 4.68 Å². The highest BCUT2D eigenvalue weighted by molar-refractivity contribution is 5.68. The molecule has 1 aromatic carbocycles. The SMILES string of the molecule is Cc1cc(-c2c(C)cccc2C)ncc1-n1ccc[n+]1C. The summed E-state index contributed by atoms with van der Waals surface area (Å²) in [7, 11) is 2.03. The van der Waals surface area contributed by atoms with Crippen molar-refractivity contribution in [3.63, 3.8) is 0 Å². The second kappa shape index (κ2) is 5.17. The molecule has 0 fully saturated rings. The number of aryl methyl sites for hydroxylation is 4. The number of hydrogen-bond acceptors (Lipinski definition) is 1. The van der Waals surface area contributed by atoms with E-state index in [0.717, 1.165) is 11.4 Å². The zero-order valence-electron chi connectivity index (χ0n) is 13.0. The topological polar surface area (TPSA) is 21.7 Å². The summed E-state index contributed by atoms with van der Waals surface area (Å²) in [5.74, 6) is 0. The molecule has 0 atom stereocenters. The molecule has 3 heteroatoms. The summed E-state index contributed by atoms with van der Waals surface area (Å²) in [5, 5.41) is 0. The van der Waals surface area contributed by atoms with Crippen molar-refractivity contribution in [2.24, 2.45) is 7.05 Å². The maximum atomic E-state index is 4.69. The van der Waals surface area contributed by atoms with Crippen molar-refractivity contribution in [1.29, 1.82) is 0 Å². The molecule has 0 aliphatic rings. The molecule has 3 nitrogen and oxygen atoms in total. The van der Waals surface area contributed by atoms with Crippen LogP contribution in [0.25, 0.3) is 16.9 Å². The minimum Gasteiger partial charge on any atom is -0.254 e. The van der Waals surface area contributed by atoms with Crippen LogP contribution in [0.5, 0.6) is 0 Å². The van der Waals surface area contributed by atoms with Gasteiger partial charge in [0.15, 0.2) is 13.2 Å². The lowest BCUT2D eigenvalue weighted by Gasteiger charge is -2.11. The molecule has 0 N–H and O–H groups in total. The van der Waals surface area contributed by atoms with E-state index in [1.807, 2.05) is 36.4 Å². The van der Waals surface area contributed by atoms with Gasteiger partial charge in [-0.2, -0.15) is 0 Å². The Morgan fingerprint density at radius 2 is 1.71 bits per heavy atom. The first kappa shape index (κ1) is 13.6. The highest BCUT2D eigenvalue weighted by Crippen LogP contribution is 2.27. The summed E-state index contributed by atoms with van der Waals surface area (Å²) in [5.41, 5.74) is 7.14. The van der Waals surface area contributed by atoms with Crippen molar-refractivity contribution in [3.8, 4) is 16.9 Å². The zero-order valence-corrected chi connectivity index (χ0v) is 13.0. The number of benzene rings is 1. The molecule has 3 rings (SSSR count). The highest BCUT2D eigenvalue weighted by Gasteiger charge is 2.12. The molecule has 0 aliphatic carbocycles. The Balaban J connectivity index is 2.13. The van der Waals surface area contributed by atoms with Gasteiger partial charge in [-0.25, -0.2) is 0 Å². The fourth-order valence-electron chi connectivity index (χ4n) is 2.82. The lowest BCUT2D eigenvalue weighted by molar-refractivity contribution is -0.744. The van der Waals surface area contributed by atoms with E-state index in [0.29, 0.717) is 0 Å². The van der Waals surface area contributed by atoms with Crippen molar-refractivity contribution in [1.82, 2.24) is 9.67 Å². The lowest BCUT2D eigenvalue weighted by Crippen LogP contribution is -2.37. The van der Waals surface area contributed by atoms with E-state index in [4.69, 9.17) is 4.98 Å². The molecular weight excluding hydrogens is 258 g/mol. The summed E-state index contributed by atoms with van der Waals surface area (Å²) >= 11 is 0. The van der Waals surface area contributed by atoms with Gasteiger partial charge in [-0.05, 0) is 43.5 Å². The summed E-state index contributed by atoms with van der Waals surface area (Å²) in [6, 6.07) is 10.6. The second-order valence-corrected chi connectivity index (χ2v) is 5.53. The molecular formula is C18H20N3+. The molecule has 21 heavy (non-hydrogen) atoms. The van der Waals surface area contributed by atoms with Crippen molar-refractivity contribution >= 4 is 0 Å². The van der Waals surface area contributed by atoms with Crippen LogP contribution in [0.3, 0.4) is 0 Å². The van der Waals surface area contributed by atoms with E-state index < -0.39 is 0 Å². The number of hydrogen-bond donors (Lipinski definition) is 0. The minimum absolute atomic E-state index is 1.04. The largest absolute Gasteiger partial charge is 0.254 e. The van der Waals surface area contributed by atoms with E-state index >= 15 is 0 Å². The van der Waals surface area contributed by atoms with Crippen molar-refractivity contribution in [3.05, 3.63) is 65.6 Å². The molecule has 2 heterocycles. The van der Waals surface area contributed by atoms with Crippen LogP contribution in [-0.4, -0.2) is 9.67 Å². The maximum absolute atomic E-state index is 4.69. The van der Waals surface area contributed by atoms with Gasteiger partial charge in [0.1, 0.15) is 5.69 Å². The van der Waals surface area contributed by atoms with E-state index in [1.54, 1.807) is 0 Å². The molecule has 106 valence electrons. The van der Waals surface area contributed by atoms with Crippen LogP contribution in [0.15, 0.2) is 48.9 Å². The second-order valence-electron chi connectivity index (χ2n) is 5.53. The first-order valence-corrected chi connectivity index (χ1v) is 7.15. The Hall–Kier alpha value is -2.42. The van der Waals surface area contributed by atoms with Gasteiger partial charge >= 0.3 is 0 Å². The van der Waals surface area contributed by atoms with Gasteiger partial charge in [0.05, 0.1) is 18.1 Å². The van der Waals surface area contributed by atoms with Crippen molar-refractivity contribution < 1.29 is 4.68 Å². The lowest BCUT2D eigenvalue weighted by atomic mass is 9.98. The number of aromatic nitrogens is 3. The maximum Gasteiger partial charge on any atom is 0.195 e. The van der Waals surface area contributed by atoms with E-state index in [2.05, 4.69) is 49.7 Å². The Morgan fingerprint density at radius 1 is 1.00 bits per heavy atom. The van der Waals surface area contributed by atoms with Crippen LogP contribution in [0, 0.1) is 20.8 Å². The van der Waals surface area contributed by atoms with Gasteiger partial charge in [-0.15, -0.1) is 9.36 Å². The van der Waals surface area contributed by atoms with Gasteiger partial charge < -0.3 is 0 Å². The average Bonchev–Trinajstić information content (AvgIpc) is 2.85. The van der Waals surface area contributed by atoms with Gasteiger partial charge in [0, 0.05) is 11.6 Å². The van der Waals surface area contributed by atoms with Crippen LogP contribution in [0.1, 0.15) is 16.7 Å². The van der Waals surface area contributed by atoms with Gasteiger partial charge in [-0.1, -0.05) is 18.2 Å². The molecule has 0 unspecified atom stereocenters. The summed E-state index contributed by atoms with van der Waals surface area (Å²) < 4.78 is 4.14. The highest BCUT2D eigenvalue weighted by atomic mass is 15.4. The molecule has 0 aliphatic heterocycles. The predicted molar refractivity (Wildman–Crippen MR) is 84.4 cm³/mol. The Bertz CT molecular complexity index is 780. The fourth-order valence-corrected chi connectivity index (χ4v) is 2.82. The van der Waals surface area contributed by atoms with E-state index in [1.165, 1.54) is 22.3 Å². The molecule has 0 saturated carbocycles. The molecule has 0 spiro atoms. The first-order chi connectivity index (χ1) is 10.1. The van der Waals surface area contributed by atoms with Crippen LogP contribution in [0.2, 0.25) is 0 Å². The number of pyridine rings is 1. The third kappa shape index (κ3) is 2.35. The van der Waals surface area contributed by atoms with Crippen LogP contribution >= 0.6 is 0 Å². The van der Waals surface area contributed by atoms with Crippen molar-refractivity contribution in [2.45, 2.75) is 20.8 Å². The summed E-state index contributed by atoms with van der Waals surface area (Å²) in [4.78, 5) is 4.69. The van der Waals surface area contributed by atoms with E-state index in [-0.39, 0.29) is 0 Å². The number of nitrogens with zero attached hydrogens (tertiary/aromatic N) is 3. The third-order valence-corrected chi connectivity index (χ3v) is 3.94. The molecule has 3 aromatic rings. The smallest absolute Gasteiger partial charge is 0.195 e. The average molecular weight is 278 g/mol.